The molecule has 1 aromatic rings. The van der Waals surface area contributed by atoms with Crippen LogP contribution in [0.3, 0.4) is 0 Å². The van der Waals surface area contributed by atoms with Crippen molar-refractivity contribution in [3.63, 3.8) is 0 Å². The van der Waals surface area contributed by atoms with Crippen LogP contribution in [0.15, 0.2) is 18.2 Å². The van der Waals surface area contributed by atoms with Crippen LogP contribution in [0.4, 0.5) is 10.5 Å². The van der Waals surface area contributed by atoms with Crippen LogP contribution in [0.2, 0.25) is 5.02 Å². The van der Waals surface area contributed by atoms with E-state index in [0.717, 1.165) is 11.8 Å². The molecule has 6 nitrogen and oxygen atoms in total. The van der Waals surface area contributed by atoms with E-state index in [-0.39, 0.29) is 23.9 Å². The van der Waals surface area contributed by atoms with Crippen molar-refractivity contribution in [3.05, 3.63) is 28.8 Å². The van der Waals surface area contributed by atoms with Crippen LogP contribution in [-0.2, 0) is 10.0 Å². The third-order valence-corrected chi connectivity index (χ3v) is 5.27. The Morgan fingerprint density at radius 2 is 2.00 bits per heavy atom. The first-order valence-corrected chi connectivity index (χ1v) is 10.1. The number of rotatable bonds is 4. The molecular weight excluding hydrogens is 350 g/mol. The minimum atomic E-state index is -3.32. The number of carbonyl (C=O) groups is 1. The van der Waals surface area contributed by atoms with E-state index in [4.69, 9.17) is 11.6 Å². The second kappa shape index (κ2) is 7.29. The Hall–Kier alpha value is -1.31. The molecule has 1 fully saturated rings. The van der Waals surface area contributed by atoms with E-state index in [1.165, 1.54) is 0 Å². The average Bonchev–Trinajstić information content (AvgIpc) is 2.83. The van der Waals surface area contributed by atoms with E-state index < -0.39 is 10.0 Å². The van der Waals surface area contributed by atoms with Crippen molar-refractivity contribution in [2.75, 3.05) is 24.7 Å². The normalized spacial score (nSPS) is 21.3. The predicted molar refractivity (Wildman–Crippen MR) is 96.9 cm³/mol. The first-order valence-electron chi connectivity index (χ1n) is 7.86. The highest BCUT2D eigenvalue weighted by Crippen LogP contribution is 2.26. The number of hydrogen-bond acceptors (Lipinski definition) is 3. The highest BCUT2D eigenvalue weighted by atomic mass is 35.5. The fraction of sp³-hybridized carbons (Fsp3) is 0.562. The van der Waals surface area contributed by atoms with E-state index in [2.05, 4.69) is 10.0 Å². The zero-order valence-electron chi connectivity index (χ0n) is 14.3. The number of urea groups is 1. The van der Waals surface area contributed by atoms with Crippen molar-refractivity contribution in [2.45, 2.75) is 26.8 Å². The molecule has 0 aliphatic carbocycles. The van der Waals surface area contributed by atoms with Gasteiger partial charge in [0, 0.05) is 29.8 Å². The van der Waals surface area contributed by atoms with Crippen LogP contribution < -0.4 is 10.0 Å². The van der Waals surface area contributed by atoms with Gasteiger partial charge in [-0.05, 0) is 42.5 Å². The lowest BCUT2D eigenvalue weighted by atomic mass is 9.92. The summed E-state index contributed by atoms with van der Waals surface area (Å²) in [5.74, 6) is 0.344. The van der Waals surface area contributed by atoms with Gasteiger partial charge in [0.25, 0.3) is 0 Å². The lowest BCUT2D eigenvalue weighted by molar-refractivity contribution is 0.219. The lowest BCUT2D eigenvalue weighted by Crippen LogP contribution is -2.42. The number of nitrogens with zero attached hydrogens (tertiary/aromatic N) is 1. The minimum Gasteiger partial charge on any atom is -0.323 e. The molecular formula is C16H24ClN3O3S. The van der Waals surface area contributed by atoms with Crippen molar-refractivity contribution in [1.29, 1.82) is 0 Å². The largest absolute Gasteiger partial charge is 0.323 e. The van der Waals surface area contributed by atoms with Gasteiger partial charge in [-0.25, -0.2) is 17.9 Å². The second-order valence-corrected chi connectivity index (χ2v) is 8.92. The number of likely N-dealkylation sites (tertiary alicyclic amines) is 1. The van der Waals surface area contributed by atoms with Gasteiger partial charge in [0.05, 0.1) is 6.26 Å². The van der Waals surface area contributed by atoms with E-state index in [9.17, 15) is 13.2 Å². The number of amides is 2. The molecule has 2 N–H and O–H groups in total. The quantitative estimate of drug-likeness (QED) is 0.851. The third-order valence-electron chi connectivity index (χ3n) is 4.30. The molecule has 1 saturated heterocycles. The molecule has 2 amide bonds. The highest BCUT2D eigenvalue weighted by molar-refractivity contribution is 7.88. The molecule has 0 aromatic heterocycles. The summed E-state index contributed by atoms with van der Waals surface area (Å²) in [7, 11) is -3.32. The van der Waals surface area contributed by atoms with Gasteiger partial charge in [-0.1, -0.05) is 25.4 Å². The first-order chi connectivity index (χ1) is 11.1. The molecule has 24 heavy (non-hydrogen) atoms. The fourth-order valence-electron chi connectivity index (χ4n) is 3.03. The fourth-order valence-corrected chi connectivity index (χ4v) is 4.06. The molecule has 2 rings (SSSR count). The van der Waals surface area contributed by atoms with E-state index in [1.807, 2.05) is 20.8 Å². The third kappa shape index (κ3) is 4.84. The van der Waals surface area contributed by atoms with Gasteiger partial charge in [0.15, 0.2) is 0 Å². The van der Waals surface area contributed by atoms with E-state index in [0.29, 0.717) is 23.8 Å². The van der Waals surface area contributed by atoms with Crippen LogP contribution in [0.1, 0.15) is 19.4 Å². The van der Waals surface area contributed by atoms with Crippen molar-refractivity contribution >= 4 is 33.3 Å². The summed E-state index contributed by atoms with van der Waals surface area (Å²) in [4.78, 5) is 14.2. The molecule has 1 aliphatic rings. The molecule has 2 atom stereocenters. The Labute approximate surface area is 148 Å². The number of sulfonamides is 1. The van der Waals surface area contributed by atoms with E-state index >= 15 is 0 Å². The van der Waals surface area contributed by atoms with Crippen molar-refractivity contribution < 1.29 is 13.2 Å². The van der Waals surface area contributed by atoms with Crippen LogP contribution in [0, 0.1) is 18.8 Å². The number of nitrogens with one attached hydrogen (secondary N) is 2. The predicted octanol–water partition coefficient (Wildman–Crippen LogP) is 2.69. The molecule has 1 heterocycles. The Morgan fingerprint density at radius 1 is 1.33 bits per heavy atom. The number of carbonyl (C=O) groups excluding carboxylic acids is 1. The van der Waals surface area contributed by atoms with Crippen LogP contribution >= 0.6 is 11.6 Å². The summed E-state index contributed by atoms with van der Waals surface area (Å²) in [5.41, 5.74) is 1.58. The molecule has 134 valence electrons. The maximum atomic E-state index is 12.5. The maximum Gasteiger partial charge on any atom is 0.321 e. The first kappa shape index (κ1) is 19.0. The summed E-state index contributed by atoms with van der Waals surface area (Å²) in [6.07, 6.45) is 1.14. The minimum absolute atomic E-state index is 0.0804. The van der Waals surface area contributed by atoms with Gasteiger partial charge < -0.3 is 10.2 Å². The van der Waals surface area contributed by atoms with Gasteiger partial charge in [0.1, 0.15) is 0 Å². The van der Waals surface area contributed by atoms with Crippen molar-refractivity contribution in [3.8, 4) is 0 Å². The van der Waals surface area contributed by atoms with Gasteiger partial charge in [-0.2, -0.15) is 0 Å². The standard InChI is InChI=1S/C16H24ClN3O3S/c1-10(2)13-8-20(9-15(13)19-24(4,22)23)16(21)18-14-6-5-12(17)7-11(14)3/h5-7,10,13,15,19H,8-9H2,1-4H3,(H,18,21). The monoisotopic (exact) mass is 373 g/mol. The summed E-state index contributed by atoms with van der Waals surface area (Å²) >= 11 is 5.93. The maximum absolute atomic E-state index is 12.5. The summed E-state index contributed by atoms with van der Waals surface area (Å²) in [6.45, 7) is 6.81. The lowest BCUT2D eigenvalue weighted by Gasteiger charge is -2.21. The molecule has 0 bridgehead atoms. The number of halogens is 1. The van der Waals surface area contributed by atoms with E-state index in [1.54, 1.807) is 23.1 Å². The Balaban J connectivity index is 2.10. The zero-order valence-corrected chi connectivity index (χ0v) is 15.9. The van der Waals surface area contributed by atoms with Crippen molar-refractivity contribution in [2.24, 2.45) is 11.8 Å². The van der Waals surface area contributed by atoms with Crippen LogP contribution in [0.5, 0.6) is 0 Å². The molecule has 0 spiro atoms. The van der Waals surface area contributed by atoms with Crippen LogP contribution in [-0.4, -0.2) is 44.7 Å². The summed E-state index contributed by atoms with van der Waals surface area (Å²) < 4.78 is 25.8. The average molecular weight is 374 g/mol. The molecule has 1 aliphatic heterocycles. The Morgan fingerprint density at radius 3 is 2.54 bits per heavy atom. The second-order valence-electron chi connectivity index (χ2n) is 6.70. The smallest absolute Gasteiger partial charge is 0.321 e. The molecule has 1 aromatic carbocycles. The van der Waals surface area contributed by atoms with Gasteiger partial charge >= 0.3 is 6.03 Å². The highest BCUT2D eigenvalue weighted by Gasteiger charge is 2.38. The summed E-state index contributed by atoms with van der Waals surface area (Å²) in [5, 5.41) is 3.49. The van der Waals surface area contributed by atoms with Crippen molar-refractivity contribution in [1.82, 2.24) is 9.62 Å². The number of aryl methyl sites for hydroxylation is 1. The van der Waals surface area contributed by atoms with Gasteiger partial charge in [0.2, 0.25) is 10.0 Å². The number of benzene rings is 1. The SMILES string of the molecule is Cc1cc(Cl)ccc1NC(=O)N1CC(NS(C)(=O)=O)C(C(C)C)C1. The Kier molecular flexibility index (Phi) is 5.78. The van der Waals surface area contributed by atoms with Gasteiger partial charge in [-0.15, -0.1) is 0 Å². The zero-order chi connectivity index (χ0) is 18.1. The number of anilines is 1. The Bertz CT molecular complexity index is 721. The molecule has 0 saturated carbocycles. The molecule has 0 radical (unpaired) electrons. The van der Waals surface area contributed by atoms with Crippen LogP contribution in [0.25, 0.3) is 0 Å². The van der Waals surface area contributed by atoms with Gasteiger partial charge in [-0.3, -0.25) is 0 Å². The molecule has 8 heteroatoms. The number of hydrogen-bond donors (Lipinski definition) is 2. The topological polar surface area (TPSA) is 78.5 Å². The molecule has 2 unspecified atom stereocenters. The summed E-state index contributed by atoms with van der Waals surface area (Å²) in [6, 6.07) is 4.77.